The van der Waals surface area contributed by atoms with E-state index in [1.165, 1.54) is 17.2 Å². The first kappa shape index (κ1) is 46.0. The molecule has 5 aromatic heterocycles. The highest BCUT2D eigenvalue weighted by Crippen LogP contribution is 2.43. The van der Waals surface area contributed by atoms with Gasteiger partial charge in [0.25, 0.3) is 0 Å². The summed E-state index contributed by atoms with van der Waals surface area (Å²) < 4.78 is 17.6. The number of fused-ring (bicyclic) bond motifs is 12. The highest BCUT2D eigenvalue weighted by Gasteiger charge is 2.23. The van der Waals surface area contributed by atoms with Gasteiger partial charge >= 0.3 is 0 Å². The Morgan fingerprint density at radius 2 is 0.823 bits per heavy atom. The van der Waals surface area contributed by atoms with E-state index in [1.807, 2.05) is 48.5 Å². The SMILES string of the molecule is CCC.c1ccc(-c2nc(-c3ccc4c(c3)oc3ccccc34)nc(-n3c4ccc(-n5c6ccccc6c6ccccc65)cc4c4cccc(-c5cccc(-c6cccc(-c7cccc8c7oc7ccccc78)c6)c5)c43)n2)cc1. The third kappa shape index (κ3) is 7.61. The first-order valence-electron chi connectivity index (χ1n) is 27.0. The number of hydrogen-bond acceptors (Lipinski definition) is 5. The molecular weight excluding hydrogens is 967 g/mol. The van der Waals surface area contributed by atoms with E-state index in [9.17, 15) is 0 Å². The van der Waals surface area contributed by atoms with Crippen LogP contribution in [0.3, 0.4) is 0 Å². The predicted octanol–water partition coefficient (Wildman–Crippen LogP) is 19.6. The Labute approximate surface area is 454 Å². The average molecular weight is 1020 g/mol. The van der Waals surface area contributed by atoms with Crippen LogP contribution in [0.5, 0.6) is 0 Å². The lowest BCUT2D eigenvalue weighted by atomic mass is 9.95. The van der Waals surface area contributed by atoms with E-state index in [0.717, 1.165) is 127 Å². The van der Waals surface area contributed by atoms with Gasteiger partial charge in [0.15, 0.2) is 11.6 Å². The lowest BCUT2D eigenvalue weighted by Gasteiger charge is -2.14. The van der Waals surface area contributed by atoms with Gasteiger partial charge < -0.3 is 13.4 Å². The zero-order chi connectivity index (χ0) is 52.6. The largest absolute Gasteiger partial charge is 0.456 e. The van der Waals surface area contributed by atoms with Crippen molar-refractivity contribution in [2.24, 2.45) is 0 Å². The summed E-state index contributed by atoms with van der Waals surface area (Å²) >= 11 is 0. The third-order valence-electron chi connectivity index (χ3n) is 15.2. The van der Waals surface area contributed by atoms with Gasteiger partial charge in [-0.05, 0) is 89.0 Å². The minimum Gasteiger partial charge on any atom is -0.456 e. The third-order valence-corrected chi connectivity index (χ3v) is 15.2. The van der Waals surface area contributed by atoms with Crippen LogP contribution in [-0.2, 0) is 0 Å². The van der Waals surface area contributed by atoms with Crippen LogP contribution in [0.15, 0.2) is 258 Å². The molecule has 0 aliphatic rings. The van der Waals surface area contributed by atoms with Gasteiger partial charge in [-0.25, -0.2) is 4.98 Å². The fourth-order valence-corrected chi connectivity index (χ4v) is 11.7. The second-order valence-corrected chi connectivity index (χ2v) is 20.2. The summed E-state index contributed by atoms with van der Waals surface area (Å²) in [6.45, 7) is 4.25. The topological polar surface area (TPSA) is 74.8 Å². The number of rotatable bonds is 7. The molecule has 0 aliphatic carbocycles. The summed E-state index contributed by atoms with van der Waals surface area (Å²) in [5, 5.41) is 8.92. The van der Waals surface area contributed by atoms with Gasteiger partial charge in [-0.1, -0.05) is 202 Å². The van der Waals surface area contributed by atoms with E-state index < -0.39 is 0 Å². The maximum absolute atomic E-state index is 6.51. The van der Waals surface area contributed by atoms with Gasteiger partial charge in [0, 0.05) is 71.0 Å². The Morgan fingerprint density at radius 1 is 0.316 bits per heavy atom. The fourth-order valence-electron chi connectivity index (χ4n) is 11.7. The van der Waals surface area contributed by atoms with Crippen molar-refractivity contribution in [3.05, 3.63) is 249 Å². The smallest absolute Gasteiger partial charge is 0.238 e. The molecule has 79 heavy (non-hydrogen) atoms. The van der Waals surface area contributed by atoms with Crippen molar-refractivity contribution in [1.82, 2.24) is 24.1 Å². The lowest BCUT2D eigenvalue weighted by molar-refractivity contribution is 0.669. The number of para-hydroxylation sites is 6. The molecule has 0 atom stereocenters. The van der Waals surface area contributed by atoms with Crippen molar-refractivity contribution in [2.45, 2.75) is 20.3 Å². The molecule has 0 fully saturated rings. The molecule has 11 aromatic carbocycles. The maximum atomic E-state index is 6.51. The molecule has 5 heterocycles. The summed E-state index contributed by atoms with van der Waals surface area (Å²) in [6.07, 6.45) is 1.25. The molecular formula is C72H49N5O2. The Bertz CT molecular complexity index is 4990. The van der Waals surface area contributed by atoms with Gasteiger partial charge in [-0.3, -0.25) is 4.57 Å². The molecule has 0 unspecified atom stereocenters. The van der Waals surface area contributed by atoms with Gasteiger partial charge in [0.2, 0.25) is 5.95 Å². The summed E-state index contributed by atoms with van der Waals surface area (Å²) in [5.74, 6) is 1.62. The first-order chi connectivity index (χ1) is 39.1. The van der Waals surface area contributed by atoms with E-state index in [1.54, 1.807) is 0 Å². The normalized spacial score (nSPS) is 11.7. The summed E-state index contributed by atoms with van der Waals surface area (Å²) in [7, 11) is 0. The minimum atomic E-state index is 0.509. The van der Waals surface area contributed by atoms with Crippen molar-refractivity contribution in [3.8, 4) is 67.8 Å². The average Bonchev–Trinajstić information content (AvgIpc) is 4.45. The van der Waals surface area contributed by atoms with Crippen LogP contribution in [0.4, 0.5) is 0 Å². The number of furan rings is 2. The Hall–Kier alpha value is -10.4. The molecule has 16 rings (SSSR count). The summed E-state index contributed by atoms with van der Waals surface area (Å²) in [5.41, 5.74) is 16.9. The number of aromatic nitrogens is 5. The van der Waals surface area contributed by atoms with Gasteiger partial charge in [-0.2, -0.15) is 9.97 Å². The molecule has 0 spiro atoms. The second-order valence-electron chi connectivity index (χ2n) is 20.2. The van der Waals surface area contributed by atoms with Crippen LogP contribution in [0.1, 0.15) is 20.3 Å². The lowest BCUT2D eigenvalue weighted by Crippen LogP contribution is -2.07. The number of hydrogen-bond donors (Lipinski definition) is 0. The summed E-state index contributed by atoms with van der Waals surface area (Å²) in [6, 6.07) is 87.6. The number of nitrogens with zero attached hydrogens (tertiary/aromatic N) is 5. The predicted molar refractivity (Wildman–Crippen MR) is 326 cm³/mol. The summed E-state index contributed by atoms with van der Waals surface area (Å²) in [4.78, 5) is 16.1. The maximum Gasteiger partial charge on any atom is 0.238 e. The molecule has 0 amide bonds. The van der Waals surface area contributed by atoms with Crippen LogP contribution in [0.2, 0.25) is 0 Å². The molecule has 0 saturated heterocycles. The van der Waals surface area contributed by atoms with Gasteiger partial charge in [-0.15, -0.1) is 0 Å². The van der Waals surface area contributed by atoms with E-state index >= 15 is 0 Å². The van der Waals surface area contributed by atoms with E-state index in [4.69, 9.17) is 23.8 Å². The molecule has 0 N–H and O–H groups in total. The monoisotopic (exact) mass is 1020 g/mol. The van der Waals surface area contributed by atoms with E-state index in [0.29, 0.717) is 17.6 Å². The van der Waals surface area contributed by atoms with Crippen LogP contribution in [0, 0.1) is 0 Å². The van der Waals surface area contributed by atoms with Crippen molar-refractivity contribution < 1.29 is 8.83 Å². The number of benzene rings is 11. The van der Waals surface area contributed by atoms with Crippen molar-refractivity contribution >= 4 is 87.5 Å². The standard InChI is InChI=1S/C69H41N5O2.C3H8/c1-2-16-42(17-3-1)67-70-68(47-34-36-55-53-24-6-10-32-62(53)75-64(55)40-47)72-69(71-67)74-61-37-35-48(73-59-30-8-4-22-51(59)52-23-5-9-31-60(52)73)41-58(61)56-28-14-26-49(65(56)74)45-20-12-18-43(38-45)44-19-13-21-46(39-44)50-27-15-29-57-54-25-7-11-33-63(54)76-66(50)57;1-3-2/h1-41H;3H2,1-2H3. The molecule has 0 bridgehead atoms. The van der Waals surface area contributed by atoms with E-state index in [2.05, 4.69) is 223 Å². The van der Waals surface area contributed by atoms with Gasteiger partial charge in [0.05, 0.1) is 22.1 Å². The zero-order valence-corrected chi connectivity index (χ0v) is 43.4. The highest BCUT2D eigenvalue weighted by atomic mass is 16.3. The Morgan fingerprint density at radius 3 is 1.53 bits per heavy atom. The van der Waals surface area contributed by atoms with Crippen LogP contribution in [-0.4, -0.2) is 24.1 Å². The fraction of sp³-hybridized carbons (Fsp3) is 0.0417. The molecule has 0 radical (unpaired) electrons. The molecule has 7 heteroatoms. The van der Waals surface area contributed by atoms with Crippen LogP contribution < -0.4 is 0 Å². The van der Waals surface area contributed by atoms with E-state index in [-0.39, 0.29) is 0 Å². The zero-order valence-electron chi connectivity index (χ0n) is 43.4. The van der Waals surface area contributed by atoms with Crippen LogP contribution in [0.25, 0.3) is 155 Å². The Balaban J connectivity index is 0.00000176. The second kappa shape index (κ2) is 18.7. The molecule has 7 nitrogen and oxygen atoms in total. The minimum absolute atomic E-state index is 0.509. The molecule has 16 aromatic rings. The van der Waals surface area contributed by atoms with Crippen molar-refractivity contribution in [2.75, 3.05) is 0 Å². The molecule has 0 aliphatic heterocycles. The molecule has 374 valence electrons. The highest BCUT2D eigenvalue weighted by molar-refractivity contribution is 6.16. The molecule has 0 saturated carbocycles. The van der Waals surface area contributed by atoms with Crippen LogP contribution >= 0.6 is 0 Å². The first-order valence-corrected chi connectivity index (χ1v) is 27.0. The van der Waals surface area contributed by atoms with Gasteiger partial charge in [0.1, 0.15) is 22.3 Å². The van der Waals surface area contributed by atoms with Crippen molar-refractivity contribution in [1.29, 1.82) is 0 Å². The Kier molecular flexibility index (Phi) is 10.9. The van der Waals surface area contributed by atoms with Crippen molar-refractivity contribution in [3.63, 3.8) is 0 Å². The quantitative estimate of drug-likeness (QED) is 0.159.